The van der Waals surface area contributed by atoms with Crippen LogP contribution in [0.3, 0.4) is 0 Å². The van der Waals surface area contributed by atoms with Crippen molar-refractivity contribution in [2.45, 2.75) is 57.9 Å². The lowest BCUT2D eigenvalue weighted by Gasteiger charge is -2.39. The van der Waals surface area contributed by atoms with E-state index in [1.807, 2.05) is 20.8 Å². The molecule has 126 valence electrons. The van der Waals surface area contributed by atoms with Crippen LogP contribution in [0.1, 0.15) is 27.2 Å². The van der Waals surface area contributed by atoms with E-state index < -0.39 is 46.3 Å². The molecule has 0 unspecified atom stereocenters. The molecule has 0 aromatic carbocycles. The molecule has 5 atom stereocenters. The summed E-state index contributed by atoms with van der Waals surface area (Å²) in [6, 6.07) is 0. The SMILES string of the molecule is CO[C@H]1O[C@H](CS(=O)(=O)CCC(C)(C)C)[C@@H](O)[C@H](O)[C@H]1O. The minimum Gasteiger partial charge on any atom is -0.388 e. The highest BCUT2D eigenvalue weighted by molar-refractivity contribution is 7.91. The molecule has 8 heteroatoms. The van der Waals surface area contributed by atoms with Gasteiger partial charge in [0.1, 0.15) is 24.4 Å². The number of hydrogen-bond donors (Lipinski definition) is 3. The van der Waals surface area contributed by atoms with Crippen molar-refractivity contribution >= 4 is 9.84 Å². The first-order valence-corrected chi connectivity index (χ1v) is 8.72. The number of rotatable bonds is 5. The van der Waals surface area contributed by atoms with Gasteiger partial charge in [0.25, 0.3) is 0 Å². The first kappa shape index (κ1) is 18.8. The fourth-order valence-electron chi connectivity index (χ4n) is 2.04. The van der Waals surface area contributed by atoms with Crippen LogP contribution >= 0.6 is 0 Å². The van der Waals surface area contributed by atoms with Gasteiger partial charge in [-0.3, -0.25) is 0 Å². The van der Waals surface area contributed by atoms with Gasteiger partial charge in [0.15, 0.2) is 16.1 Å². The van der Waals surface area contributed by atoms with Crippen LogP contribution in [0.15, 0.2) is 0 Å². The molecule has 0 amide bonds. The molecule has 7 nitrogen and oxygen atoms in total. The molecular weight excluding hydrogens is 300 g/mol. The standard InChI is InChI=1S/C13H26O7S/c1-13(2,3)5-6-21(17,18)7-8-9(14)10(15)11(16)12(19-4)20-8/h8-12,14-16H,5-7H2,1-4H3/t8-,9-,10+,11-,12+/m1/s1. The fourth-order valence-corrected chi connectivity index (χ4v) is 3.91. The third-order valence-corrected chi connectivity index (χ3v) is 5.14. The lowest BCUT2D eigenvalue weighted by atomic mass is 9.94. The summed E-state index contributed by atoms with van der Waals surface area (Å²) in [5.74, 6) is -0.451. The number of ether oxygens (including phenoxy) is 2. The Hall–Kier alpha value is -0.250. The molecule has 21 heavy (non-hydrogen) atoms. The molecule has 0 aliphatic carbocycles. The van der Waals surface area contributed by atoms with Gasteiger partial charge < -0.3 is 24.8 Å². The molecule has 0 aromatic rings. The van der Waals surface area contributed by atoms with E-state index in [1.54, 1.807) is 0 Å². The highest BCUT2D eigenvalue weighted by Crippen LogP contribution is 2.24. The van der Waals surface area contributed by atoms with Gasteiger partial charge in [0, 0.05) is 7.11 Å². The topological polar surface area (TPSA) is 113 Å². The van der Waals surface area contributed by atoms with Crippen molar-refractivity contribution in [3.05, 3.63) is 0 Å². The van der Waals surface area contributed by atoms with Crippen LogP contribution in [0, 0.1) is 5.41 Å². The van der Waals surface area contributed by atoms with Gasteiger partial charge in [-0.2, -0.15) is 0 Å². The van der Waals surface area contributed by atoms with E-state index in [2.05, 4.69) is 0 Å². The molecule has 0 saturated carbocycles. The monoisotopic (exact) mass is 326 g/mol. The second kappa shape index (κ2) is 6.89. The summed E-state index contributed by atoms with van der Waals surface area (Å²) in [6.45, 7) is 5.82. The molecule has 0 spiro atoms. The Morgan fingerprint density at radius 1 is 1.10 bits per heavy atom. The summed E-state index contributed by atoms with van der Waals surface area (Å²) >= 11 is 0. The lowest BCUT2D eigenvalue weighted by Crippen LogP contribution is -2.59. The molecular formula is C13H26O7S. The molecule has 0 radical (unpaired) electrons. The summed E-state index contributed by atoms with van der Waals surface area (Å²) in [4.78, 5) is 0. The second-order valence-electron chi connectivity index (χ2n) is 6.68. The second-order valence-corrected chi connectivity index (χ2v) is 8.90. The first-order chi connectivity index (χ1) is 9.47. The van der Waals surface area contributed by atoms with Gasteiger partial charge in [0.05, 0.1) is 11.5 Å². The quantitative estimate of drug-likeness (QED) is 0.612. The van der Waals surface area contributed by atoms with Crippen LogP contribution in [0.5, 0.6) is 0 Å². The molecule has 1 saturated heterocycles. The summed E-state index contributed by atoms with van der Waals surface area (Å²) in [5.41, 5.74) is -0.121. The van der Waals surface area contributed by atoms with Gasteiger partial charge in [-0.15, -0.1) is 0 Å². The molecule has 1 aliphatic rings. The van der Waals surface area contributed by atoms with Crippen molar-refractivity contribution in [3.63, 3.8) is 0 Å². The molecule has 3 N–H and O–H groups in total. The summed E-state index contributed by atoms with van der Waals surface area (Å²) in [7, 11) is -2.19. The van der Waals surface area contributed by atoms with Crippen molar-refractivity contribution in [3.8, 4) is 0 Å². The van der Waals surface area contributed by atoms with Crippen molar-refractivity contribution in [1.82, 2.24) is 0 Å². The zero-order valence-electron chi connectivity index (χ0n) is 12.9. The van der Waals surface area contributed by atoms with E-state index in [-0.39, 0.29) is 11.2 Å². The van der Waals surface area contributed by atoms with Crippen LogP contribution < -0.4 is 0 Å². The zero-order valence-corrected chi connectivity index (χ0v) is 13.7. The minimum absolute atomic E-state index is 0.0284. The maximum Gasteiger partial charge on any atom is 0.186 e. The first-order valence-electron chi connectivity index (χ1n) is 6.90. The number of methoxy groups -OCH3 is 1. The van der Waals surface area contributed by atoms with E-state index in [1.165, 1.54) is 7.11 Å². The van der Waals surface area contributed by atoms with Gasteiger partial charge in [-0.05, 0) is 11.8 Å². The van der Waals surface area contributed by atoms with E-state index in [4.69, 9.17) is 9.47 Å². The summed E-state index contributed by atoms with van der Waals surface area (Å²) in [5, 5.41) is 29.2. The van der Waals surface area contributed by atoms with Crippen LogP contribution in [0.25, 0.3) is 0 Å². The predicted molar refractivity (Wildman–Crippen MR) is 76.4 cm³/mol. The van der Waals surface area contributed by atoms with Gasteiger partial charge in [0.2, 0.25) is 0 Å². The molecule has 0 aromatic heterocycles. The van der Waals surface area contributed by atoms with Gasteiger partial charge >= 0.3 is 0 Å². The van der Waals surface area contributed by atoms with Crippen molar-refractivity contribution < 1.29 is 33.2 Å². The van der Waals surface area contributed by atoms with E-state index in [0.29, 0.717) is 6.42 Å². The Morgan fingerprint density at radius 2 is 1.67 bits per heavy atom. The Kier molecular flexibility index (Phi) is 6.17. The van der Waals surface area contributed by atoms with Crippen LogP contribution in [0.2, 0.25) is 0 Å². The highest BCUT2D eigenvalue weighted by atomic mass is 32.2. The smallest absolute Gasteiger partial charge is 0.186 e. The van der Waals surface area contributed by atoms with Crippen LogP contribution in [-0.2, 0) is 19.3 Å². The normalized spacial score (nSPS) is 34.9. The lowest BCUT2D eigenvalue weighted by molar-refractivity contribution is -0.285. The fraction of sp³-hybridized carbons (Fsp3) is 1.00. The highest BCUT2D eigenvalue weighted by Gasteiger charge is 2.45. The maximum atomic E-state index is 12.1. The number of sulfone groups is 1. The van der Waals surface area contributed by atoms with E-state index in [9.17, 15) is 23.7 Å². The van der Waals surface area contributed by atoms with Crippen molar-refractivity contribution in [1.29, 1.82) is 0 Å². The molecule has 1 rings (SSSR count). The number of hydrogen-bond acceptors (Lipinski definition) is 7. The van der Waals surface area contributed by atoms with Crippen molar-refractivity contribution in [2.24, 2.45) is 5.41 Å². The number of aliphatic hydroxyl groups is 3. The Bertz CT molecular complexity index is 426. The Morgan fingerprint density at radius 3 is 2.14 bits per heavy atom. The Balaban J connectivity index is 2.72. The average Bonchev–Trinajstić information content (AvgIpc) is 2.36. The van der Waals surface area contributed by atoms with E-state index >= 15 is 0 Å². The number of aliphatic hydroxyl groups excluding tert-OH is 3. The maximum absolute atomic E-state index is 12.1. The average molecular weight is 326 g/mol. The molecule has 1 fully saturated rings. The van der Waals surface area contributed by atoms with Gasteiger partial charge in [-0.25, -0.2) is 8.42 Å². The minimum atomic E-state index is -3.45. The molecule has 0 bridgehead atoms. The Labute approximate surface area is 125 Å². The van der Waals surface area contributed by atoms with Crippen molar-refractivity contribution in [2.75, 3.05) is 18.6 Å². The molecule has 1 aliphatic heterocycles. The van der Waals surface area contributed by atoms with Crippen LogP contribution in [0.4, 0.5) is 0 Å². The summed E-state index contributed by atoms with van der Waals surface area (Å²) < 4.78 is 34.3. The van der Waals surface area contributed by atoms with Gasteiger partial charge in [-0.1, -0.05) is 20.8 Å². The predicted octanol–water partition coefficient (Wildman–Crippen LogP) is -0.709. The summed E-state index contributed by atoms with van der Waals surface area (Å²) in [6.07, 6.45) is -6.21. The molecule has 1 heterocycles. The third-order valence-electron chi connectivity index (χ3n) is 3.48. The van der Waals surface area contributed by atoms with Crippen LogP contribution in [-0.4, -0.2) is 73.1 Å². The zero-order chi connectivity index (χ0) is 16.4. The van der Waals surface area contributed by atoms with E-state index in [0.717, 1.165) is 0 Å². The third kappa shape index (κ3) is 5.46. The largest absolute Gasteiger partial charge is 0.388 e.